The Hall–Kier alpha value is -7.04. The van der Waals surface area contributed by atoms with Crippen molar-refractivity contribution in [1.82, 2.24) is 9.13 Å². The molecule has 4 heteroatoms. The van der Waals surface area contributed by atoms with Crippen molar-refractivity contribution in [3.63, 3.8) is 0 Å². The average Bonchev–Trinajstić information content (AvgIpc) is 3.94. The van der Waals surface area contributed by atoms with Gasteiger partial charge >= 0.3 is 0 Å². The van der Waals surface area contributed by atoms with Gasteiger partial charge in [0.2, 0.25) is 0 Å². The van der Waals surface area contributed by atoms with Crippen LogP contribution in [0.3, 0.4) is 0 Å². The van der Waals surface area contributed by atoms with Crippen molar-refractivity contribution in [3.8, 4) is 22.5 Å². The number of para-hydroxylation sites is 4. The fourth-order valence-electron chi connectivity index (χ4n) is 8.66. The fraction of sp³-hybridized carbons (Fsp3) is 0. The van der Waals surface area contributed by atoms with E-state index in [4.69, 9.17) is 8.83 Å². The highest BCUT2D eigenvalue weighted by Crippen LogP contribution is 2.42. The number of nitrogens with zero attached hydrogens (tertiary/aromatic N) is 2. The summed E-state index contributed by atoms with van der Waals surface area (Å²) in [4.78, 5) is 0. The zero-order chi connectivity index (χ0) is 33.9. The zero-order valence-corrected chi connectivity index (χ0v) is 27.9. The third-order valence-corrected chi connectivity index (χ3v) is 10.9. The maximum absolute atomic E-state index is 6.55. The van der Waals surface area contributed by atoms with Crippen LogP contribution in [0.4, 0.5) is 0 Å². The molecule has 0 aliphatic rings. The first-order chi connectivity index (χ1) is 25.8. The third-order valence-electron chi connectivity index (χ3n) is 10.9. The van der Waals surface area contributed by atoms with E-state index in [2.05, 4.69) is 167 Å². The Morgan fingerprint density at radius 3 is 1.77 bits per heavy atom. The van der Waals surface area contributed by atoms with E-state index < -0.39 is 0 Å². The van der Waals surface area contributed by atoms with Gasteiger partial charge in [0, 0.05) is 54.5 Å². The number of furan rings is 2. The molecule has 242 valence electrons. The van der Waals surface area contributed by atoms with Gasteiger partial charge in [0.15, 0.2) is 0 Å². The molecule has 0 atom stereocenters. The summed E-state index contributed by atoms with van der Waals surface area (Å²) in [7, 11) is 0. The van der Waals surface area contributed by atoms with Crippen LogP contribution in [0.2, 0.25) is 0 Å². The smallest absolute Gasteiger partial charge is 0.136 e. The molecule has 0 unspecified atom stereocenters. The van der Waals surface area contributed by atoms with Crippen LogP contribution in [-0.2, 0) is 0 Å². The highest BCUT2D eigenvalue weighted by Gasteiger charge is 2.20. The van der Waals surface area contributed by atoms with Crippen LogP contribution in [0, 0.1) is 0 Å². The van der Waals surface area contributed by atoms with Crippen molar-refractivity contribution >= 4 is 87.5 Å². The normalized spacial score (nSPS) is 12.2. The summed E-state index contributed by atoms with van der Waals surface area (Å²) in [5.74, 6) is 0. The molecule has 52 heavy (non-hydrogen) atoms. The van der Waals surface area contributed by atoms with E-state index in [0.29, 0.717) is 0 Å². The van der Waals surface area contributed by atoms with Crippen LogP contribution in [0.15, 0.2) is 179 Å². The average molecular weight is 665 g/mol. The van der Waals surface area contributed by atoms with Gasteiger partial charge in [-0.25, -0.2) is 0 Å². The molecular weight excluding hydrogens is 637 g/mol. The van der Waals surface area contributed by atoms with Gasteiger partial charge < -0.3 is 18.0 Å². The summed E-state index contributed by atoms with van der Waals surface area (Å²) in [6, 6.07) is 60.6. The number of benzene rings is 8. The first-order valence-electron chi connectivity index (χ1n) is 17.7. The lowest BCUT2D eigenvalue weighted by Gasteiger charge is -2.10. The molecule has 4 heterocycles. The monoisotopic (exact) mass is 664 g/mol. The van der Waals surface area contributed by atoms with Crippen LogP contribution < -0.4 is 0 Å². The predicted molar refractivity (Wildman–Crippen MR) is 215 cm³/mol. The zero-order valence-electron chi connectivity index (χ0n) is 27.9. The molecule has 0 aliphatic heterocycles. The van der Waals surface area contributed by atoms with E-state index in [1.807, 2.05) is 12.1 Å². The van der Waals surface area contributed by atoms with Crippen LogP contribution >= 0.6 is 0 Å². The molecule has 0 aliphatic carbocycles. The van der Waals surface area contributed by atoms with Crippen LogP contribution in [0.25, 0.3) is 110 Å². The molecule has 12 rings (SSSR count). The molecule has 0 fully saturated rings. The standard InChI is InChI=1S/C48H28N2O2/c1-2-11-30(12-3-1)49-40-17-7-4-13-33(40)36-25-29(21-23-42(36)49)32-16-10-20-46-48(32)39-26-31(22-24-45(39)51-46)50-41-18-8-5-14-34(41)37-28-47-38(27-43(37)50)35-15-6-9-19-44(35)52-47/h1-28H. The number of aromatic nitrogens is 2. The summed E-state index contributed by atoms with van der Waals surface area (Å²) in [6.45, 7) is 0. The minimum absolute atomic E-state index is 0.872. The molecule has 0 N–H and O–H groups in total. The second-order valence-corrected chi connectivity index (χ2v) is 13.7. The number of rotatable bonds is 3. The van der Waals surface area contributed by atoms with Crippen LogP contribution in [0.5, 0.6) is 0 Å². The van der Waals surface area contributed by atoms with Gasteiger partial charge in [-0.3, -0.25) is 0 Å². The van der Waals surface area contributed by atoms with Crippen LogP contribution in [-0.4, -0.2) is 9.13 Å². The number of fused-ring (bicyclic) bond motifs is 12. The highest BCUT2D eigenvalue weighted by molar-refractivity contribution is 6.18. The number of hydrogen-bond acceptors (Lipinski definition) is 2. The lowest BCUT2D eigenvalue weighted by Crippen LogP contribution is -1.93. The Balaban J connectivity index is 1.10. The quantitative estimate of drug-likeness (QED) is 0.188. The molecule has 0 radical (unpaired) electrons. The molecule has 8 aromatic carbocycles. The summed E-state index contributed by atoms with van der Waals surface area (Å²) in [5, 5.41) is 9.29. The van der Waals surface area contributed by atoms with Crippen molar-refractivity contribution < 1.29 is 8.83 Å². The van der Waals surface area contributed by atoms with Crippen molar-refractivity contribution in [3.05, 3.63) is 170 Å². The summed E-state index contributed by atoms with van der Waals surface area (Å²) >= 11 is 0. The van der Waals surface area contributed by atoms with Crippen molar-refractivity contribution in [2.75, 3.05) is 0 Å². The fourth-order valence-corrected chi connectivity index (χ4v) is 8.66. The Morgan fingerprint density at radius 1 is 0.308 bits per heavy atom. The molecule has 0 saturated carbocycles. The molecule has 4 aromatic heterocycles. The topological polar surface area (TPSA) is 36.1 Å². The van der Waals surface area contributed by atoms with E-state index in [0.717, 1.165) is 77.4 Å². The van der Waals surface area contributed by atoms with E-state index in [1.54, 1.807) is 0 Å². The van der Waals surface area contributed by atoms with Gasteiger partial charge in [-0.1, -0.05) is 91.0 Å². The highest BCUT2D eigenvalue weighted by atomic mass is 16.3. The number of hydrogen-bond donors (Lipinski definition) is 0. The summed E-state index contributed by atoms with van der Waals surface area (Å²) < 4.78 is 17.6. The summed E-state index contributed by atoms with van der Waals surface area (Å²) in [5.41, 5.74) is 12.8. The van der Waals surface area contributed by atoms with Gasteiger partial charge in [-0.15, -0.1) is 0 Å². The van der Waals surface area contributed by atoms with Gasteiger partial charge in [0.1, 0.15) is 22.3 Å². The first kappa shape index (κ1) is 27.7. The van der Waals surface area contributed by atoms with Crippen molar-refractivity contribution in [2.45, 2.75) is 0 Å². The Bertz CT molecular complexity index is 3410. The molecule has 0 spiro atoms. The van der Waals surface area contributed by atoms with Gasteiger partial charge in [0.25, 0.3) is 0 Å². The second-order valence-electron chi connectivity index (χ2n) is 13.7. The molecule has 12 aromatic rings. The third kappa shape index (κ3) is 3.75. The predicted octanol–water partition coefficient (Wildman–Crippen LogP) is 13.3. The molecule has 0 amide bonds. The lowest BCUT2D eigenvalue weighted by atomic mass is 9.97. The van der Waals surface area contributed by atoms with E-state index in [9.17, 15) is 0 Å². The summed E-state index contributed by atoms with van der Waals surface area (Å²) in [6.07, 6.45) is 0. The lowest BCUT2D eigenvalue weighted by molar-refractivity contribution is 0.669. The second kappa shape index (κ2) is 10.3. The Kier molecular flexibility index (Phi) is 5.47. The van der Waals surface area contributed by atoms with Gasteiger partial charge in [-0.05, 0) is 90.0 Å². The maximum atomic E-state index is 6.55. The Labute approximate surface area is 296 Å². The van der Waals surface area contributed by atoms with E-state index in [-0.39, 0.29) is 0 Å². The van der Waals surface area contributed by atoms with Gasteiger partial charge in [-0.2, -0.15) is 0 Å². The SMILES string of the molecule is c1ccc(-n2c3ccccc3c3cc(-c4cccc5oc6ccc(-n7c8ccccc8c8cc9oc%10ccccc%10c9cc87)cc6c45)ccc32)cc1. The molecule has 0 bridgehead atoms. The molecule has 0 saturated heterocycles. The van der Waals surface area contributed by atoms with Crippen molar-refractivity contribution in [2.24, 2.45) is 0 Å². The molecule has 4 nitrogen and oxygen atoms in total. The molecular formula is C48H28N2O2. The Morgan fingerprint density at radius 2 is 0.942 bits per heavy atom. The first-order valence-corrected chi connectivity index (χ1v) is 17.7. The van der Waals surface area contributed by atoms with E-state index >= 15 is 0 Å². The maximum Gasteiger partial charge on any atom is 0.136 e. The van der Waals surface area contributed by atoms with Gasteiger partial charge in [0.05, 0.1) is 22.1 Å². The minimum Gasteiger partial charge on any atom is -0.456 e. The minimum atomic E-state index is 0.872. The van der Waals surface area contributed by atoms with Crippen molar-refractivity contribution in [1.29, 1.82) is 0 Å². The van der Waals surface area contributed by atoms with E-state index in [1.165, 1.54) is 32.6 Å². The largest absolute Gasteiger partial charge is 0.456 e. The van der Waals surface area contributed by atoms with Crippen LogP contribution in [0.1, 0.15) is 0 Å².